The molecule has 82 valence electrons. The van der Waals surface area contributed by atoms with Crippen LogP contribution in [0, 0.1) is 0 Å². The number of ether oxygens (including phenoxy) is 1. The van der Waals surface area contributed by atoms with Gasteiger partial charge < -0.3 is 4.74 Å². The van der Waals surface area contributed by atoms with Gasteiger partial charge in [-0.2, -0.15) is 0 Å². The van der Waals surface area contributed by atoms with Gasteiger partial charge in [-0.05, 0) is 18.4 Å². The Balaban J connectivity index is 2.02. The van der Waals surface area contributed by atoms with Crippen LogP contribution < -0.4 is 0 Å². The summed E-state index contributed by atoms with van der Waals surface area (Å²) in [7, 11) is 0. The molecule has 15 heavy (non-hydrogen) atoms. The molecule has 0 saturated carbocycles. The van der Waals surface area contributed by atoms with Crippen LogP contribution in [-0.2, 0) is 11.2 Å². The average Bonchev–Trinajstić information content (AvgIpc) is 2.29. The van der Waals surface area contributed by atoms with E-state index in [2.05, 4.69) is 43.3 Å². The molecule has 0 spiro atoms. The molecule has 0 atom stereocenters. The summed E-state index contributed by atoms with van der Waals surface area (Å²) < 4.78 is 5.50. The van der Waals surface area contributed by atoms with E-state index < -0.39 is 0 Å². The fourth-order valence-electron chi connectivity index (χ4n) is 1.34. The minimum atomic E-state index is 0.743. The number of hydrogen-bond donors (Lipinski definition) is 0. The Labute approximate surface area is 92.8 Å². The maximum atomic E-state index is 5.50. The maximum Gasteiger partial charge on any atom is 0.0647 e. The largest absolute Gasteiger partial charge is 0.377 e. The molecular formula is C14H20O. The average molecular weight is 204 g/mol. The van der Waals surface area contributed by atoms with Crippen molar-refractivity contribution in [2.45, 2.75) is 26.2 Å². The molecule has 0 aliphatic rings. The van der Waals surface area contributed by atoms with Crippen LogP contribution in [0.1, 0.15) is 25.3 Å². The van der Waals surface area contributed by atoms with Crippen LogP contribution in [0.25, 0.3) is 0 Å². The molecule has 0 unspecified atom stereocenters. The fraction of sp³-hybridized carbons (Fsp3) is 0.429. The van der Waals surface area contributed by atoms with Crippen molar-refractivity contribution in [3.63, 3.8) is 0 Å². The van der Waals surface area contributed by atoms with Gasteiger partial charge >= 0.3 is 0 Å². The fourth-order valence-corrected chi connectivity index (χ4v) is 1.34. The molecule has 1 heteroatoms. The van der Waals surface area contributed by atoms with Gasteiger partial charge in [0.05, 0.1) is 13.2 Å². The molecule has 0 aliphatic heterocycles. The first-order valence-corrected chi connectivity index (χ1v) is 5.70. The molecule has 0 fully saturated rings. The molecule has 1 nitrogen and oxygen atoms in total. The molecule has 0 heterocycles. The van der Waals surface area contributed by atoms with E-state index in [1.807, 2.05) is 6.07 Å². The van der Waals surface area contributed by atoms with Crippen molar-refractivity contribution < 1.29 is 4.74 Å². The van der Waals surface area contributed by atoms with E-state index in [0.29, 0.717) is 0 Å². The Morgan fingerprint density at radius 3 is 2.67 bits per heavy atom. The third-order valence-corrected chi connectivity index (χ3v) is 2.21. The Morgan fingerprint density at radius 2 is 1.93 bits per heavy atom. The summed E-state index contributed by atoms with van der Waals surface area (Å²) in [5.41, 5.74) is 1.34. The highest BCUT2D eigenvalue weighted by molar-refractivity contribution is 5.14. The van der Waals surface area contributed by atoms with E-state index in [-0.39, 0.29) is 0 Å². The van der Waals surface area contributed by atoms with Gasteiger partial charge in [0.2, 0.25) is 0 Å². The van der Waals surface area contributed by atoms with Gasteiger partial charge in [-0.1, -0.05) is 55.8 Å². The van der Waals surface area contributed by atoms with Crippen molar-refractivity contribution >= 4 is 0 Å². The Kier molecular flexibility index (Phi) is 6.59. The highest BCUT2D eigenvalue weighted by atomic mass is 16.5. The molecule has 0 saturated heterocycles. The first kappa shape index (κ1) is 12.0. The van der Waals surface area contributed by atoms with E-state index in [9.17, 15) is 0 Å². The van der Waals surface area contributed by atoms with Crippen molar-refractivity contribution in [2.75, 3.05) is 13.2 Å². The van der Waals surface area contributed by atoms with E-state index in [4.69, 9.17) is 4.74 Å². The van der Waals surface area contributed by atoms with Crippen LogP contribution in [0.5, 0.6) is 0 Å². The molecule has 1 aromatic carbocycles. The van der Waals surface area contributed by atoms with Crippen molar-refractivity contribution in [2.24, 2.45) is 0 Å². The van der Waals surface area contributed by atoms with Gasteiger partial charge in [-0.15, -0.1) is 0 Å². The number of unbranched alkanes of at least 4 members (excludes halogenated alkanes) is 1. The van der Waals surface area contributed by atoms with Crippen LogP contribution in [0.4, 0.5) is 0 Å². The first-order chi connectivity index (χ1) is 7.43. The molecule has 0 aromatic heterocycles. The molecule has 1 rings (SSSR count). The number of allylic oxidation sites excluding steroid dienone is 1. The predicted octanol–water partition coefficient (Wildman–Crippen LogP) is 3.60. The molecule has 0 aliphatic carbocycles. The van der Waals surface area contributed by atoms with Crippen LogP contribution >= 0.6 is 0 Å². The van der Waals surface area contributed by atoms with Gasteiger partial charge in [0, 0.05) is 0 Å². The van der Waals surface area contributed by atoms with Gasteiger partial charge in [-0.25, -0.2) is 0 Å². The molecular weight excluding hydrogens is 184 g/mol. The Bertz CT molecular complexity index is 264. The van der Waals surface area contributed by atoms with Crippen molar-refractivity contribution in [3.8, 4) is 0 Å². The van der Waals surface area contributed by atoms with Crippen LogP contribution in [-0.4, -0.2) is 13.2 Å². The normalized spacial score (nSPS) is 11.0. The predicted molar refractivity (Wildman–Crippen MR) is 65.0 cm³/mol. The summed E-state index contributed by atoms with van der Waals surface area (Å²) in [5.74, 6) is 0. The standard InChI is InChI=1S/C14H20O/c1-2-3-4-8-12-15-13-11-14-9-6-5-7-10-14/h4-10H,2-3,11-13H2,1H3/b8-4+. The third kappa shape index (κ3) is 6.08. The van der Waals surface area contributed by atoms with Gasteiger partial charge in [0.15, 0.2) is 0 Å². The molecule has 0 amide bonds. The highest BCUT2D eigenvalue weighted by Crippen LogP contribution is 1.99. The number of hydrogen-bond acceptors (Lipinski definition) is 1. The van der Waals surface area contributed by atoms with Gasteiger partial charge in [0.1, 0.15) is 0 Å². The topological polar surface area (TPSA) is 9.23 Å². The lowest BCUT2D eigenvalue weighted by atomic mass is 10.2. The smallest absolute Gasteiger partial charge is 0.0647 e. The summed E-state index contributed by atoms with van der Waals surface area (Å²) in [6.07, 6.45) is 7.65. The third-order valence-electron chi connectivity index (χ3n) is 2.21. The van der Waals surface area contributed by atoms with Crippen LogP contribution in [0.15, 0.2) is 42.5 Å². The van der Waals surface area contributed by atoms with Crippen molar-refractivity contribution in [1.82, 2.24) is 0 Å². The Hall–Kier alpha value is -1.08. The van der Waals surface area contributed by atoms with Gasteiger partial charge in [-0.3, -0.25) is 0 Å². The summed E-state index contributed by atoms with van der Waals surface area (Å²) in [5, 5.41) is 0. The number of rotatable bonds is 7. The molecule has 1 aromatic rings. The van der Waals surface area contributed by atoms with Crippen LogP contribution in [0.2, 0.25) is 0 Å². The quantitative estimate of drug-likeness (QED) is 0.487. The minimum absolute atomic E-state index is 0.743. The molecule has 0 radical (unpaired) electrons. The summed E-state index contributed by atoms with van der Waals surface area (Å²) in [6.45, 7) is 3.73. The zero-order chi connectivity index (χ0) is 10.8. The maximum absolute atomic E-state index is 5.50. The van der Waals surface area contributed by atoms with Crippen molar-refractivity contribution in [1.29, 1.82) is 0 Å². The summed E-state index contributed by atoms with van der Waals surface area (Å²) >= 11 is 0. The zero-order valence-electron chi connectivity index (χ0n) is 9.49. The SMILES string of the molecule is CCC/C=C/COCCc1ccccc1. The molecule has 0 bridgehead atoms. The Morgan fingerprint density at radius 1 is 1.13 bits per heavy atom. The number of benzene rings is 1. The lowest BCUT2D eigenvalue weighted by Crippen LogP contribution is -1.98. The minimum Gasteiger partial charge on any atom is -0.377 e. The first-order valence-electron chi connectivity index (χ1n) is 5.70. The van der Waals surface area contributed by atoms with E-state index >= 15 is 0 Å². The highest BCUT2D eigenvalue weighted by Gasteiger charge is 1.90. The van der Waals surface area contributed by atoms with E-state index in [0.717, 1.165) is 26.1 Å². The lowest BCUT2D eigenvalue weighted by molar-refractivity contribution is 0.165. The van der Waals surface area contributed by atoms with E-state index in [1.165, 1.54) is 12.0 Å². The summed E-state index contributed by atoms with van der Waals surface area (Å²) in [6, 6.07) is 10.4. The zero-order valence-corrected chi connectivity index (χ0v) is 9.49. The molecule has 0 N–H and O–H groups in total. The van der Waals surface area contributed by atoms with Crippen molar-refractivity contribution in [3.05, 3.63) is 48.0 Å². The van der Waals surface area contributed by atoms with E-state index in [1.54, 1.807) is 0 Å². The lowest BCUT2D eigenvalue weighted by Gasteiger charge is -2.01. The monoisotopic (exact) mass is 204 g/mol. The van der Waals surface area contributed by atoms with Crippen LogP contribution in [0.3, 0.4) is 0 Å². The second kappa shape index (κ2) is 8.25. The van der Waals surface area contributed by atoms with Gasteiger partial charge in [0.25, 0.3) is 0 Å². The summed E-state index contributed by atoms with van der Waals surface area (Å²) in [4.78, 5) is 0. The second-order valence-corrected chi connectivity index (χ2v) is 3.57. The second-order valence-electron chi connectivity index (χ2n) is 3.57.